The first-order chi connectivity index (χ1) is 13.7. The maximum atomic E-state index is 12.5. The molecule has 140 valence electrons. The Hall–Kier alpha value is -3.32. The summed E-state index contributed by atoms with van der Waals surface area (Å²) in [4.78, 5) is 21.6. The summed E-state index contributed by atoms with van der Waals surface area (Å²) in [5, 5.41) is 4.50. The van der Waals surface area contributed by atoms with Crippen molar-refractivity contribution in [3.8, 4) is 17.3 Å². The molecule has 0 saturated carbocycles. The number of nitrogens with one attached hydrogen (secondary N) is 1. The molecule has 6 nitrogen and oxygen atoms in total. The van der Waals surface area contributed by atoms with Crippen molar-refractivity contribution in [1.29, 1.82) is 0 Å². The Bertz CT molecular complexity index is 1110. The second-order valence-corrected chi connectivity index (χ2v) is 6.85. The predicted octanol–water partition coefficient (Wildman–Crippen LogP) is 4.63. The topological polar surface area (TPSA) is 77.2 Å². The first-order valence-electron chi connectivity index (χ1n) is 8.61. The normalized spacial score (nSPS) is 10.8. The van der Waals surface area contributed by atoms with Gasteiger partial charge in [0.15, 0.2) is 11.6 Å². The molecule has 4 aromatic rings. The summed E-state index contributed by atoms with van der Waals surface area (Å²) in [7, 11) is 1.57. The summed E-state index contributed by atoms with van der Waals surface area (Å²) in [5.41, 5.74) is 1.44. The molecule has 2 aromatic heterocycles. The Labute approximate surface area is 166 Å². The lowest BCUT2D eigenvalue weighted by Crippen LogP contribution is -2.14. The van der Waals surface area contributed by atoms with Gasteiger partial charge < -0.3 is 14.5 Å². The van der Waals surface area contributed by atoms with Gasteiger partial charge >= 0.3 is 0 Å². The molecule has 0 fully saturated rings. The van der Waals surface area contributed by atoms with E-state index in [9.17, 15) is 4.79 Å². The van der Waals surface area contributed by atoms with E-state index in [4.69, 9.17) is 9.15 Å². The molecule has 2 aromatic carbocycles. The zero-order chi connectivity index (χ0) is 19.3. The highest BCUT2D eigenvalue weighted by Crippen LogP contribution is 2.29. The summed E-state index contributed by atoms with van der Waals surface area (Å²) >= 11 is 1.36. The van der Waals surface area contributed by atoms with E-state index >= 15 is 0 Å². The number of furan rings is 1. The molecule has 1 N–H and O–H groups in total. The maximum absolute atomic E-state index is 12.5. The van der Waals surface area contributed by atoms with E-state index in [1.165, 1.54) is 11.8 Å². The molecule has 0 radical (unpaired) electrons. The highest BCUT2D eigenvalue weighted by Gasteiger charge is 2.14. The molecule has 0 aliphatic rings. The van der Waals surface area contributed by atoms with Crippen LogP contribution in [0, 0.1) is 0 Å². The van der Waals surface area contributed by atoms with Gasteiger partial charge in [-0.25, -0.2) is 9.97 Å². The third-order valence-corrected chi connectivity index (χ3v) is 5.02. The van der Waals surface area contributed by atoms with Crippen LogP contribution in [-0.2, 0) is 4.79 Å². The minimum absolute atomic E-state index is 0.142. The van der Waals surface area contributed by atoms with Crippen LogP contribution in [0.1, 0.15) is 0 Å². The quantitative estimate of drug-likeness (QED) is 0.381. The van der Waals surface area contributed by atoms with E-state index < -0.39 is 0 Å². The average Bonchev–Trinajstić information content (AvgIpc) is 3.27. The van der Waals surface area contributed by atoms with Crippen molar-refractivity contribution in [3.05, 3.63) is 66.9 Å². The minimum atomic E-state index is -0.142. The van der Waals surface area contributed by atoms with Gasteiger partial charge in [-0.15, -0.1) is 0 Å². The van der Waals surface area contributed by atoms with Crippen LogP contribution in [0.2, 0.25) is 0 Å². The number of amides is 1. The van der Waals surface area contributed by atoms with Crippen molar-refractivity contribution in [1.82, 2.24) is 9.97 Å². The molecule has 0 unspecified atom stereocenters. The molecule has 2 heterocycles. The Balaban J connectivity index is 1.56. The van der Waals surface area contributed by atoms with Gasteiger partial charge in [0.05, 0.1) is 30.3 Å². The van der Waals surface area contributed by atoms with E-state index in [1.807, 2.05) is 42.5 Å². The monoisotopic (exact) mass is 391 g/mol. The molecule has 1 amide bonds. The van der Waals surface area contributed by atoms with Gasteiger partial charge in [0.1, 0.15) is 10.8 Å². The largest absolute Gasteiger partial charge is 0.495 e. The predicted molar refractivity (Wildman–Crippen MR) is 110 cm³/mol. The van der Waals surface area contributed by atoms with Gasteiger partial charge in [-0.3, -0.25) is 4.79 Å². The number of anilines is 1. The second kappa shape index (κ2) is 8.14. The number of hydrogen-bond donors (Lipinski definition) is 1. The number of methoxy groups -OCH3 is 1. The molecule has 7 heteroatoms. The smallest absolute Gasteiger partial charge is 0.234 e. The molecule has 0 spiro atoms. The van der Waals surface area contributed by atoms with Crippen molar-refractivity contribution >= 4 is 34.3 Å². The van der Waals surface area contributed by atoms with Crippen LogP contribution in [0.25, 0.3) is 22.5 Å². The maximum Gasteiger partial charge on any atom is 0.234 e. The molecule has 0 aliphatic heterocycles. The van der Waals surface area contributed by atoms with Gasteiger partial charge in [0, 0.05) is 5.39 Å². The zero-order valence-electron chi connectivity index (χ0n) is 15.1. The number of ether oxygens (including phenoxy) is 1. The van der Waals surface area contributed by atoms with Crippen molar-refractivity contribution in [2.24, 2.45) is 0 Å². The van der Waals surface area contributed by atoms with E-state index in [-0.39, 0.29) is 11.7 Å². The number of benzene rings is 2. The molecule has 0 aliphatic carbocycles. The number of carbonyl (C=O) groups excluding carboxylic acids is 1. The minimum Gasteiger partial charge on any atom is -0.495 e. The van der Waals surface area contributed by atoms with Crippen LogP contribution in [0.3, 0.4) is 0 Å². The number of thioether (sulfide) groups is 1. The van der Waals surface area contributed by atoms with Crippen LogP contribution in [0.5, 0.6) is 5.75 Å². The fourth-order valence-electron chi connectivity index (χ4n) is 2.74. The fraction of sp³-hybridized carbons (Fsp3) is 0.0952. The summed E-state index contributed by atoms with van der Waals surface area (Å²) < 4.78 is 10.7. The van der Waals surface area contributed by atoms with Crippen LogP contribution in [0.15, 0.2) is 76.4 Å². The average molecular weight is 391 g/mol. The first-order valence-corrected chi connectivity index (χ1v) is 9.59. The zero-order valence-corrected chi connectivity index (χ0v) is 15.9. The third kappa shape index (κ3) is 3.84. The van der Waals surface area contributed by atoms with E-state index in [0.29, 0.717) is 23.0 Å². The molecule has 4 rings (SSSR count). The number of carbonyl (C=O) groups is 1. The molecule has 0 saturated heterocycles. The van der Waals surface area contributed by atoms with Crippen molar-refractivity contribution < 1.29 is 13.9 Å². The van der Waals surface area contributed by atoms with Crippen molar-refractivity contribution in [2.45, 2.75) is 5.03 Å². The number of fused-ring (bicyclic) bond motifs is 1. The molecule has 28 heavy (non-hydrogen) atoms. The summed E-state index contributed by atoms with van der Waals surface area (Å²) in [5.74, 6) is 1.77. The first kappa shape index (κ1) is 18.1. The third-order valence-electron chi connectivity index (χ3n) is 4.03. The van der Waals surface area contributed by atoms with Gasteiger partial charge in [-0.2, -0.15) is 0 Å². The lowest BCUT2D eigenvalue weighted by Gasteiger charge is -2.10. The Kier molecular flexibility index (Phi) is 5.25. The van der Waals surface area contributed by atoms with Gasteiger partial charge in [0.25, 0.3) is 0 Å². The summed E-state index contributed by atoms with van der Waals surface area (Å²) in [6.07, 6.45) is 1.58. The lowest BCUT2D eigenvalue weighted by molar-refractivity contribution is -0.113. The molecular formula is C21H17N3O3S. The fourth-order valence-corrected chi connectivity index (χ4v) is 3.56. The Morgan fingerprint density at radius 1 is 1.07 bits per heavy atom. The summed E-state index contributed by atoms with van der Waals surface area (Å²) in [6, 6.07) is 18.6. The second-order valence-electron chi connectivity index (χ2n) is 5.88. The van der Waals surface area contributed by atoms with E-state index in [1.54, 1.807) is 31.6 Å². The molecule has 0 atom stereocenters. The highest BCUT2D eigenvalue weighted by molar-refractivity contribution is 8.00. The van der Waals surface area contributed by atoms with Gasteiger partial charge in [0.2, 0.25) is 5.91 Å². The number of para-hydroxylation sites is 3. The Morgan fingerprint density at radius 2 is 1.89 bits per heavy atom. The van der Waals surface area contributed by atoms with Crippen LogP contribution < -0.4 is 10.1 Å². The summed E-state index contributed by atoms with van der Waals surface area (Å²) in [6.45, 7) is 0. The standard InChI is InChI=1S/C21H17N3O3S/c1-26-17-10-5-4-9-16(17)22-19(25)13-28-21-14-7-2-3-8-15(14)23-20(24-21)18-11-6-12-27-18/h2-12H,13H2,1H3,(H,22,25). The lowest BCUT2D eigenvalue weighted by atomic mass is 10.2. The van der Waals surface area contributed by atoms with Crippen LogP contribution in [-0.4, -0.2) is 28.7 Å². The molecular weight excluding hydrogens is 374 g/mol. The van der Waals surface area contributed by atoms with Crippen LogP contribution >= 0.6 is 11.8 Å². The number of hydrogen-bond acceptors (Lipinski definition) is 6. The number of nitrogens with zero attached hydrogens (tertiary/aromatic N) is 2. The molecule has 0 bridgehead atoms. The van der Waals surface area contributed by atoms with Gasteiger partial charge in [-0.1, -0.05) is 42.1 Å². The van der Waals surface area contributed by atoms with E-state index in [2.05, 4.69) is 15.3 Å². The highest BCUT2D eigenvalue weighted by atomic mass is 32.2. The SMILES string of the molecule is COc1ccccc1NC(=O)CSc1nc(-c2ccco2)nc2ccccc12. The number of rotatable bonds is 6. The van der Waals surface area contributed by atoms with Crippen molar-refractivity contribution in [3.63, 3.8) is 0 Å². The van der Waals surface area contributed by atoms with E-state index in [0.717, 1.165) is 15.9 Å². The van der Waals surface area contributed by atoms with Crippen molar-refractivity contribution in [2.75, 3.05) is 18.2 Å². The van der Waals surface area contributed by atoms with Gasteiger partial charge in [-0.05, 0) is 30.3 Å². The van der Waals surface area contributed by atoms with Crippen LogP contribution in [0.4, 0.5) is 5.69 Å². The number of aromatic nitrogens is 2. The Morgan fingerprint density at radius 3 is 2.71 bits per heavy atom.